The molecule has 4 aromatic heterocycles. The number of primary amides is 2. The number of carbonyl (C=O) groups excluding carboxylic acids is 2. The minimum Gasteiger partial charge on any atom is -0.365 e. The standard InChI is InChI=1S/2C22H25N7O/c23-18-5-1-2-6-19(18)28-22-26-13-17(20(24)30)21(29-22)27-16-9-7-14(8-10-16)15-4-3-11-25-12-15;23-18-3-1-2-4-19(18)28-22-26-13-17(20(24)30)21(29-22)27-16-7-5-14(6-8-16)15-9-11-25-12-10-15/h3-4,7-13,18-19H,1-2,5-6,23H2,(H2,24,30)(H2,26,27,28,29);5-13,18-19H,1-4,23H2,(H2,24,30)(H2,26,27,28,29)/t2*18-,19+/m00/s1. The number of anilines is 6. The molecule has 6 aromatic rings. The number of aromatic nitrogens is 6. The summed E-state index contributed by atoms with van der Waals surface area (Å²) in [6, 6.07) is 23.8. The molecule has 16 heteroatoms. The van der Waals surface area contributed by atoms with Gasteiger partial charge in [0.2, 0.25) is 11.9 Å². The van der Waals surface area contributed by atoms with Crippen molar-refractivity contribution in [2.45, 2.75) is 75.5 Å². The Balaban J connectivity index is 0.000000181. The van der Waals surface area contributed by atoms with Crippen LogP contribution < -0.4 is 44.2 Å². The van der Waals surface area contributed by atoms with Gasteiger partial charge in [-0.25, -0.2) is 9.97 Å². The largest absolute Gasteiger partial charge is 0.365 e. The number of rotatable bonds is 12. The van der Waals surface area contributed by atoms with Gasteiger partial charge in [-0.05, 0) is 90.4 Å². The number of nitrogens with zero attached hydrogens (tertiary/aromatic N) is 6. The highest BCUT2D eigenvalue weighted by atomic mass is 16.1. The van der Waals surface area contributed by atoms with E-state index in [-0.39, 0.29) is 35.3 Å². The van der Waals surface area contributed by atoms with E-state index in [0.717, 1.165) is 85.0 Å². The lowest BCUT2D eigenvalue weighted by Crippen LogP contribution is -2.43. The Morgan fingerprint density at radius 1 is 0.517 bits per heavy atom. The van der Waals surface area contributed by atoms with E-state index in [1.54, 1.807) is 18.6 Å². The van der Waals surface area contributed by atoms with Gasteiger partial charge in [0.1, 0.15) is 22.8 Å². The monoisotopic (exact) mass is 806 g/mol. The molecule has 60 heavy (non-hydrogen) atoms. The van der Waals surface area contributed by atoms with E-state index in [4.69, 9.17) is 22.9 Å². The fourth-order valence-electron chi connectivity index (χ4n) is 7.31. The van der Waals surface area contributed by atoms with Crippen LogP contribution >= 0.6 is 0 Å². The van der Waals surface area contributed by atoms with Gasteiger partial charge in [0.05, 0.1) is 0 Å². The van der Waals surface area contributed by atoms with Gasteiger partial charge in [-0.3, -0.25) is 19.6 Å². The maximum absolute atomic E-state index is 11.9. The number of carbonyl (C=O) groups is 2. The number of hydrogen-bond donors (Lipinski definition) is 8. The molecule has 0 aliphatic heterocycles. The van der Waals surface area contributed by atoms with Crippen molar-refractivity contribution >= 4 is 46.7 Å². The van der Waals surface area contributed by atoms with Crippen LogP contribution in [0.25, 0.3) is 22.3 Å². The first kappa shape index (κ1) is 41.1. The molecule has 0 radical (unpaired) electrons. The van der Waals surface area contributed by atoms with E-state index < -0.39 is 11.8 Å². The second-order valence-corrected chi connectivity index (χ2v) is 14.9. The molecule has 0 spiro atoms. The Hall–Kier alpha value is -7.04. The van der Waals surface area contributed by atoms with Gasteiger partial charge in [-0.2, -0.15) is 9.97 Å². The summed E-state index contributed by atoms with van der Waals surface area (Å²) in [5.41, 5.74) is 29.7. The van der Waals surface area contributed by atoms with Crippen molar-refractivity contribution in [3.63, 3.8) is 0 Å². The molecule has 2 aliphatic carbocycles. The van der Waals surface area contributed by atoms with Crippen LogP contribution in [0.1, 0.15) is 72.1 Å². The zero-order chi connectivity index (χ0) is 41.8. The van der Waals surface area contributed by atoms with Crippen LogP contribution in [-0.2, 0) is 0 Å². The van der Waals surface area contributed by atoms with E-state index in [1.165, 1.54) is 12.4 Å². The van der Waals surface area contributed by atoms with Crippen LogP contribution in [0, 0.1) is 0 Å². The highest BCUT2D eigenvalue weighted by Gasteiger charge is 2.24. The van der Waals surface area contributed by atoms with Gasteiger partial charge < -0.3 is 44.2 Å². The molecule has 2 aromatic carbocycles. The summed E-state index contributed by atoms with van der Waals surface area (Å²) in [5.74, 6) is 0.395. The van der Waals surface area contributed by atoms with Crippen LogP contribution in [-0.4, -0.2) is 65.9 Å². The molecule has 0 bridgehead atoms. The van der Waals surface area contributed by atoms with E-state index in [1.807, 2.05) is 79.0 Å². The number of hydrogen-bond acceptors (Lipinski definition) is 14. The summed E-state index contributed by atoms with van der Waals surface area (Å²) < 4.78 is 0. The first-order valence-electron chi connectivity index (χ1n) is 20.1. The van der Waals surface area contributed by atoms with Gasteiger partial charge in [-0.15, -0.1) is 0 Å². The molecule has 4 atom stereocenters. The van der Waals surface area contributed by atoms with Crippen molar-refractivity contribution < 1.29 is 9.59 Å². The second kappa shape index (κ2) is 19.6. The second-order valence-electron chi connectivity index (χ2n) is 14.9. The van der Waals surface area contributed by atoms with Crippen molar-refractivity contribution in [2.24, 2.45) is 22.9 Å². The topological polar surface area (TPSA) is 264 Å². The zero-order valence-corrected chi connectivity index (χ0v) is 33.2. The molecule has 2 saturated carbocycles. The molecule has 308 valence electrons. The van der Waals surface area contributed by atoms with Gasteiger partial charge in [0.15, 0.2) is 0 Å². The Morgan fingerprint density at radius 2 is 0.967 bits per heavy atom. The molecule has 8 rings (SSSR count). The zero-order valence-electron chi connectivity index (χ0n) is 33.2. The van der Waals surface area contributed by atoms with Crippen molar-refractivity contribution in [1.82, 2.24) is 29.9 Å². The Labute approximate surface area is 348 Å². The fourth-order valence-corrected chi connectivity index (χ4v) is 7.31. The SMILES string of the molecule is NC(=O)c1cnc(N[C@@H]2CCCC[C@@H]2N)nc1Nc1ccc(-c2cccnc2)cc1.NC(=O)c1cnc(N[C@@H]2CCCC[C@@H]2N)nc1Nc1ccc(-c2ccncc2)cc1. The summed E-state index contributed by atoms with van der Waals surface area (Å²) in [7, 11) is 0. The maximum atomic E-state index is 11.9. The average molecular weight is 807 g/mol. The third-order valence-corrected chi connectivity index (χ3v) is 10.7. The first-order valence-corrected chi connectivity index (χ1v) is 20.1. The van der Waals surface area contributed by atoms with E-state index in [9.17, 15) is 9.59 Å². The van der Waals surface area contributed by atoms with Gasteiger partial charge >= 0.3 is 0 Å². The molecule has 16 nitrogen and oxygen atoms in total. The number of amides is 2. The molecule has 0 saturated heterocycles. The normalized spacial score (nSPS) is 18.6. The predicted molar refractivity (Wildman–Crippen MR) is 235 cm³/mol. The minimum absolute atomic E-state index is 0.0644. The van der Waals surface area contributed by atoms with Crippen LogP contribution in [0.2, 0.25) is 0 Å². The average Bonchev–Trinajstić information content (AvgIpc) is 3.27. The quantitative estimate of drug-likeness (QED) is 0.0692. The summed E-state index contributed by atoms with van der Waals surface area (Å²) in [6.45, 7) is 0. The number of pyridine rings is 2. The predicted octanol–water partition coefficient (Wildman–Crippen LogP) is 6.13. The third-order valence-electron chi connectivity index (χ3n) is 10.7. The van der Waals surface area contributed by atoms with Gasteiger partial charge in [0.25, 0.3) is 11.8 Å². The lowest BCUT2D eigenvalue weighted by molar-refractivity contribution is 0.0992. The molecular weight excluding hydrogens is 757 g/mol. The lowest BCUT2D eigenvalue weighted by atomic mass is 9.91. The van der Waals surface area contributed by atoms with Crippen molar-refractivity contribution in [3.05, 3.63) is 121 Å². The Morgan fingerprint density at radius 3 is 1.40 bits per heavy atom. The molecule has 12 N–H and O–H groups in total. The van der Waals surface area contributed by atoms with E-state index >= 15 is 0 Å². The molecule has 2 amide bonds. The first-order chi connectivity index (χ1) is 29.2. The Kier molecular flexibility index (Phi) is 13.4. The number of nitrogens with one attached hydrogen (secondary N) is 4. The van der Waals surface area contributed by atoms with Crippen LogP contribution in [0.4, 0.5) is 34.9 Å². The summed E-state index contributed by atoms with van der Waals surface area (Å²) >= 11 is 0. The van der Waals surface area contributed by atoms with Crippen molar-refractivity contribution in [3.8, 4) is 22.3 Å². The molecule has 2 aliphatic rings. The lowest BCUT2D eigenvalue weighted by Gasteiger charge is -2.29. The maximum Gasteiger partial charge on any atom is 0.254 e. The van der Waals surface area contributed by atoms with Gasteiger partial charge in [-0.1, -0.05) is 56.0 Å². The molecule has 2 fully saturated rings. The van der Waals surface area contributed by atoms with Crippen LogP contribution in [0.15, 0.2) is 110 Å². The van der Waals surface area contributed by atoms with E-state index in [0.29, 0.717) is 23.5 Å². The van der Waals surface area contributed by atoms with Gasteiger partial charge in [0, 0.05) is 72.7 Å². The highest BCUT2D eigenvalue weighted by molar-refractivity contribution is 5.98. The summed E-state index contributed by atoms with van der Waals surface area (Å²) in [4.78, 5) is 49.4. The number of nitrogens with two attached hydrogens (primary N) is 4. The van der Waals surface area contributed by atoms with E-state index in [2.05, 4.69) is 51.2 Å². The van der Waals surface area contributed by atoms with Crippen LogP contribution in [0.3, 0.4) is 0 Å². The summed E-state index contributed by atoms with van der Waals surface area (Å²) in [6.07, 6.45) is 18.4. The smallest absolute Gasteiger partial charge is 0.254 e. The van der Waals surface area contributed by atoms with Crippen LogP contribution in [0.5, 0.6) is 0 Å². The number of benzene rings is 2. The van der Waals surface area contributed by atoms with Crippen molar-refractivity contribution in [2.75, 3.05) is 21.3 Å². The summed E-state index contributed by atoms with van der Waals surface area (Å²) in [5, 5.41) is 13.0. The molecule has 4 heterocycles. The third kappa shape index (κ3) is 10.7. The molecular formula is C44H50N14O2. The Bertz CT molecular complexity index is 2180. The van der Waals surface area contributed by atoms with Crippen molar-refractivity contribution in [1.29, 1.82) is 0 Å². The minimum atomic E-state index is -0.592. The highest BCUT2D eigenvalue weighted by Crippen LogP contribution is 2.27. The molecule has 0 unspecified atom stereocenters. The fraction of sp³-hybridized carbons (Fsp3) is 0.273.